The Morgan fingerprint density at radius 3 is 2.35 bits per heavy atom. The summed E-state index contributed by atoms with van der Waals surface area (Å²) in [7, 11) is 0. The lowest BCUT2D eigenvalue weighted by atomic mass is 9.86. The minimum Gasteiger partial charge on any atom is -0.481 e. The number of rotatable bonds is 6. The van der Waals surface area contributed by atoms with Crippen molar-refractivity contribution >= 4 is 17.5 Å². The second kappa shape index (κ2) is 8.59. The summed E-state index contributed by atoms with van der Waals surface area (Å²) in [4.78, 5) is 12.6. The Labute approximate surface area is 161 Å². The Bertz CT molecular complexity index is 735. The van der Waals surface area contributed by atoms with E-state index >= 15 is 0 Å². The van der Waals surface area contributed by atoms with E-state index in [-0.39, 0.29) is 17.4 Å². The summed E-state index contributed by atoms with van der Waals surface area (Å²) in [6.45, 7) is 10.5. The second-order valence-corrected chi connectivity index (χ2v) is 8.01. The smallest absolute Gasteiger partial charge is 0.261 e. The molecule has 140 valence electrons. The van der Waals surface area contributed by atoms with E-state index in [0.717, 1.165) is 5.56 Å². The minimum atomic E-state index is -0.551. The summed E-state index contributed by atoms with van der Waals surface area (Å²) in [6.07, 6.45) is 0.0263. The molecule has 0 saturated heterocycles. The van der Waals surface area contributed by atoms with Crippen molar-refractivity contribution < 1.29 is 9.53 Å². The van der Waals surface area contributed by atoms with Crippen LogP contribution in [0.25, 0.3) is 0 Å². The van der Waals surface area contributed by atoms with Gasteiger partial charge in [-0.2, -0.15) is 0 Å². The molecule has 2 aromatic carbocycles. The van der Waals surface area contributed by atoms with Gasteiger partial charge in [0.2, 0.25) is 0 Å². The van der Waals surface area contributed by atoms with Crippen LogP contribution in [0.5, 0.6) is 5.75 Å². The molecule has 0 aliphatic carbocycles. The molecule has 0 fully saturated rings. The van der Waals surface area contributed by atoms with Crippen LogP contribution in [-0.4, -0.2) is 12.0 Å². The first kappa shape index (κ1) is 20.3. The summed E-state index contributed by atoms with van der Waals surface area (Å²) in [5.74, 6) is 0.474. The summed E-state index contributed by atoms with van der Waals surface area (Å²) < 4.78 is 5.81. The average molecular weight is 374 g/mol. The Hall–Kier alpha value is -2.00. The van der Waals surface area contributed by atoms with Gasteiger partial charge in [0.25, 0.3) is 5.91 Å². The number of carbonyl (C=O) groups is 1. The van der Waals surface area contributed by atoms with Crippen molar-refractivity contribution in [2.24, 2.45) is 0 Å². The predicted molar refractivity (Wildman–Crippen MR) is 108 cm³/mol. The van der Waals surface area contributed by atoms with Crippen LogP contribution in [-0.2, 0) is 10.2 Å². The number of hydrogen-bond acceptors (Lipinski definition) is 2. The molecule has 1 N–H and O–H groups in total. The third kappa shape index (κ3) is 5.50. The van der Waals surface area contributed by atoms with Crippen LogP contribution in [0.2, 0.25) is 5.02 Å². The monoisotopic (exact) mass is 373 g/mol. The van der Waals surface area contributed by atoms with Crippen LogP contribution in [0.15, 0.2) is 48.5 Å². The Balaban J connectivity index is 2.02. The highest BCUT2D eigenvalue weighted by Gasteiger charge is 2.21. The van der Waals surface area contributed by atoms with E-state index in [0.29, 0.717) is 17.2 Å². The van der Waals surface area contributed by atoms with Crippen LogP contribution < -0.4 is 10.1 Å². The zero-order valence-electron chi connectivity index (χ0n) is 16.2. The third-order valence-electron chi connectivity index (χ3n) is 4.37. The Morgan fingerprint density at radius 1 is 1.15 bits per heavy atom. The molecule has 0 saturated carbocycles. The Morgan fingerprint density at radius 2 is 1.81 bits per heavy atom. The molecule has 0 aliphatic heterocycles. The van der Waals surface area contributed by atoms with E-state index < -0.39 is 6.10 Å². The predicted octanol–water partition coefficient (Wildman–Crippen LogP) is 5.67. The zero-order chi connectivity index (χ0) is 19.3. The molecule has 2 atom stereocenters. The highest BCUT2D eigenvalue weighted by atomic mass is 35.5. The molecule has 4 heteroatoms. The van der Waals surface area contributed by atoms with Crippen molar-refractivity contribution in [1.82, 2.24) is 5.32 Å². The first-order valence-electron chi connectivity index (χ1n) is 9.03. The lowest BCUT2D eigenvalue weighted by molar-refractivity contribution is -0.128. The fourth-order valence-corrected chi connectivity index (χ4v) is 2.87. The maximum Gasteiger partial charge on any atom is 0.261 e. The molecule has 1 amide bonds. The lowest BCUT2D eigenvalue weighted by Gasteiger charge is -2.22. The van der Waals surface area contributed by atoms with E-state index in [4.69, 9.17) is 16.3 Å². The summed E-state index contributed by atoms with van der Waals surface area (Å²) in [6, 6.07) is 15.4. The molecular formula is C22H28ClNO2. The van der Waals surface area contributed by atoms with Crippen molar-refractivity contribution in [2.45, 2.75) is 58.6 Å². The standard InChI is InChI=1S/C22H28ClNO2/c1-6-20(26-19-9-7-8-18(23)14-19)21(25)24-15(2)16-10-12-17(13-11-16)22(3,4)5/h7-15,20H,6H2,1-5H3,(H,24,25)/t15-,20-/m0/s1. The SMILES string of the molecule is CC[C@H](Oc1cccc(Cl)c1)C(=O)N[C@@H](C)c1ccc(C(C)(C)C)cc1. The third-order valence-corrected chi connectivity index (χ3v) is 4.61. The van der Waals surface area contributed by atoms with Gasteiger partial charge in [-0.15, -0.1) is 0 Å². The highest BCUT2D eigenvalue weighted by molar-refractivity contribution is 6.30. The van der Waals surface area contributed by atoms with Crippen molar-refractivity contribution in [3.63, 3.8) is 0 Å². The first-order chi connectivity index (χ1) is 12.2. The molecule has 0 aromatic heterocycles. The maximum atomic E-state index is 12.6. The number of nitrogens with one attached hydrogen (secondary N) is 1. The van der Waals surface area contributed by atoms with Gasteiger partial charge in [0, 0.05) is 5.02 Å². The largest absolute Gasteiger partial charge is 0.481 e. The van der Waals surface area contributed by atoms with Crippen LogP contribution in [0, 0.1) is 0 Å². The molecule has 0 heterocycles. The molecule has 0 unspecified atom stereocenters. The van der Waals surface area contributed by atoms with Gasteiger partial charge < -0.3 is 10.1 Å². The van der Waals surface area contributed by atoms with E-state index in [1.807, 2.05) is 19.9 Å². The molecule has 2 rings (SSSR count). The Kier molecular flexibility index (Phi) is 6.71. The number of halogens is 1. The number of hydrogen-bond donors (Lipinski definition) is 1. The van der Waals surface area contributed by atoms with Crippen LogP contribution in [0.3, 0.4) is 0 Å². The minimum absolute atomic E-state index is 0.0893. The molecule has 3 nitrogen and oxygen atoms in total. The van der Waals surface area contributed by atoms with Gasteiger partial charge in [-0.25, -0.2) is 0 Å². The quantitative estimate of drug-likeness (QED) is 0.708. The summed E-state index contributed by atoms with van der Waals surface area (Å²) in [5, 5.41) is 3.63. The van der Waals surface area contributed by atoms with Crippen LogP contribution in [0.1, 0.15) is 58.2 Å². The zero-order valence-corrected chi connectivity index (χ0v) is 16.9. The van der Waals surface area contributed by atoms with Gasteiger partial charge in [0.1, 0.15) is 5.75 Å². The van der Waals surface area contributed by atoms with Gasteiger partial charge in [0.05, 0.1) is 6.04 Å². The van der Waals surface area contributed by atoms with Gasteiger partial charge in [0.15, 0.2) is 6.10 Å². The number of carbonyl (C=O) groups excluding carboxylic acids is 1. The van der Waals surface area contributed by atoms with Crippen LogP contribution in [0.4, 0.5) is 0 Å². The fraction of sp³-hybridized carbons (Fsp3) is 0.409. The first-order valence-corrected chi connectivity index (χ1v) is 9.41. The van der Waals surface area contributed by atoms with Crippen molar-refractivity contribution in [2.75, 3.05) is 0 Å². The maximum absolute atomic E-state index is 12.6. The van der Waals surface area contributed by atoms with E-state index in [9.17, 15) is 4.79 Å². The molecule has 26 heavy (non-hydrogen) atoms. The lowest BCUT2D eigenvalue weighted by Crippen LogP contribution is -2.39. The van der Waals surface area contributed by atoms with E-state index in [1.54, 1.807) is 18.2 Å². The van der Waals surface area contributed by atoms with Crippen LogP contribution >= 0.6 is 11.6 Å². The van der Waals surface area contributed by atoms with E-state index in [2.05, 4.69) is 50.4 Å². The molecule has 0 aliphatic rings. The average Bonchev–Trinajstić information content (AvgIpc) is 2.59. The number of amides is 1. The summed E-state index contributed by atoms with van der Waals surface area (Å²) >= 11 is 5.98. The molecule has 0 spiro atoms. The normalized spacial score (nSPS) is 13.8. The van der Waals surface area contributed by atoms with Crippen molar-refractivity contribution in [3.8, 4) is 5.75 Å². The van der Waals surface area contributed by atoms with Gasteiger partial charge in [-0.05, 0) is 48.1 Å². The topological polar surface area (TPSA) is 38.3 Å². The number of ether oxygens (including phenoxy) is 1. The molecular weight excluding hydrogens is 346 g/mol. The fourth-order valence-electron chi connectivity index (χ4n) is 2.69. The van der Waals surface area contributed by atoms with E-state index in [1.165, 1.54) is 5.56 Å². The molecule has 2 aromatic rings. The van der Waals surface area contributed by atoms with Gasteiger partial charge in [-0.1, -0.05) is 69.6 Å². The second-order valence-electron chi connectivity index (χ2n) is 7.57. The summed E-state index contributed by atoms with van der Waals surface area (Å²) in [5.41, 5.74) is 2.46. The molecule has 0 radical (unpaired) electrons. The van der Waals surface area contributed by atoms with Crippen molar-refractivity contribution in [1.29, 1.82) is 0 Å². The van der Waals surface area contributed by atoms with Gasteiger partial charge in [-0.3, -0.25) is 4.79 Å². The molecule has 0 bridgehead atoms. The van der Waals surface area contributed by atoms with Crippen molar-refractivity contribution in [3.05, 3.63) is 64.7 Å². The van der Waals surface area contributed by atoms with Gasteiger partial charge >= 0.3 is 0 Å². The number of benzene rings is 2. The highest BCUT2D eigenvalue weighted by Crippen LogP contribution is 2.24.